The van der Waals surface area contributed by atoms with Crippen LogP contribution in [0, 0.1) is 5.41 Å². The molecular weight excluding hydrogens is 218 g/mol. The lowest BCUT2D eigenvalue weighted by atomic mass is 9.69. The predicted molar refractivity (Wildman–Crippen MR) is 73.3 cm³/mol. The first-order valence-corrected chi connectivity index (χ1v) is 7.14. The second kappa shape index (κ2) is 6.87. The third-order valence-corrected chi connectivity index (χ3v) is 4.76. The van der Waals surface area contributed by atoms with Gasteiger partial charge in [-0.1, -0.05) is 13.3 Å². The fraction of sp³-hybridized carbons (Fsp3) is 1.00. The van der Waals surface area contributed by atoms with Gasteiger partial charge in [0.2, 0.25) is 0 Å². The normalized spacial score (nSPS) is 20.8. The molecule has 1 fully saturated rings. The quantitative estimate of drug-likeness (QED) is 0.660. The molecule has 16 heavy (non-hydrogen) atoms. The molecule has 0 N–H and O–H groups in total. The Morgan fingerprint density at radius 1 is 1.44 bits per heavy atom. The maximum atomic E-state index is 5.21. The van der Waals surface area contributed by atoms with Crippen LogP contribution < -0.4 is 0 Å². The van der Waals surface area contributed by atoms with Crippen molar-refractivity contribution in [2.24, 2.45) is 5.41 Å². The van der Waals surface area contributed by atoms with Gasteiger partial charge in [0.1, 0.15) is 0 Å². The number of thiol groups is 1. The number of rotatable bonds is 8. The fourth-order valence-corrected chi connectivity index (χ4v) is 2.81. The van der Waals surface area contributed by atoms with Crippen LogP contribution in [0.25, 0.3) is 0 Å². The lowest BCUT2D eigenvalue weighted by molar-refractivity contribution is 0.0478. The van der Waals surface area contributed by atoms with Gasteiger partial charge in [0.05, 0.1) is 6.61 Å². The zero-order chi connectivity index (χ0) is 12.0. The maximum absolute atomic E-state index is 5.21. The van der Waals surface area contributed by atoms with Gasteiger partial charge < -0.3 is 4.74 Å². The van der Waals surface area contributed by atoms with E-state index in [1.807, 2.05) is 0 Å². The van der Waals surface area contributed by atoms with Crippen LogP contribution in [-0.2, 0) is 4.74 Å². The molecule has 1 aliphatic carbocycles. The fourth-order valence-electron chi connectivity index (χ4n) is 2.40. The lowest BCUT2D eigenvalue weighted by Gasteiger charge is -2.45. The molecule has 3 heteroatoms. The first-order valence-electron chi connectivity index (χ1n) is 6.51. The molecule has 2 nitrogen and oxygen atoms in total. The topological polar surface area (TPSA) is 12.5 Å². The Hall–Kier alpha value is 0.270. The summed E-state index contributed by atoms with van der Waals surface area (Å²) in [6.07, 6.45) is 5.32. The van der Waals surface area contributed by atoms with Crippen molar-refractivity contribution in [3.63, 3.8) is 0 Å². The van der Waals surface area contributed by atoms with Crippen LogP contribution >= 0.6 is 12.6 Å². The minimum absolute atomic E-state index is 0.500. The highest BCUT2D eigenvalue weighted by Gasteiger charge is 2.37. The molecule has 1 saturated carbocycles. The second-order valence-electron chi connectivity index (χ2n) is 5.23. The molecular formula is C13H27NOS. The summed E-state index contributed by atoms with van der Waals surface area (Å²) in [5.74, 6) is 1.03. The van der Waals surface area contributed by atoms with Crippen molar-refractivity contribution < 1.29 is 4.74 Å². The van der Waals surface area contributed by atoms with Gasteiger partial charge in [-0.25, -0.2) is 0 Å². The monoisotopic (exact) mass is 245 g/mol. The summed E-state index contributed by atoms with van der Waals surface area (Å²) in [6, 6.07) is 0.660. The first kappa shape index (κ1) is 14.3. The van der Waals surface area contributed by atoms with Crippen LogP contribution in [-0.4, -0.2) is 43.5 Å². The first-order chi connectivity index (χ1) is 7.67. The molecule has 0 spiro atoms. The number of hydrogen-bond donors (Lipinski definition) is 1. The van der Waals surface area contributed by atoms with Gasteiger partial charge in [-0.3, -0.25) is 4.90 Å². The van der Waals surface area contributed by atoms with Crippen molar-refractivity contribution in [3.8, 4) is 0 Å². The Kier molecular flexibility index (Phi) is 6.16. The molecule has 0 bridgehead atoms. The number of ether oxygens (including phenoxy) is 1. The van der Waals surface area contributed by atoms with Gasteiger partial charge in [0.15, 0.2) is 0 Å². The molecule has 1 rings (SSSR count). The van der Waals surface area contributed by atoms with Crippen LogP contribution in [0.15, 0.2) is 0 Å². The third-order valence-electron chi connectivity index (χ3n) is 4.08. The molecule has 0 aliphatic heterocycles. The smallest absolute Gasteiger partial charge is 0.0589 e. The standard InChI is InChI=1S/C13H27NOS/c1-4-12(2)14(8-9-15-3)10-13(11-16)6-5-7-13/h12,16H,4-11H2,1-3H3. The highest BCUT2D eigenvalue weighted by atomic mass is 32.1. The van der Waals surface area contributed by atoms with E-state index in [2.05, 4.69) is 31.4 Å². The Labute approximate surface area is 106 Å². The molecule has 0 aromatic heterocycles. The van der Waals surface area contributed by atoms with Crippen LogP contribution in [0.4, 0.5) is 0 Å². The largest absolute Gasteiger partial charge is 0.383 e. The van der Waals surface area contributed by atoms with E-state index in [1.54, 1.807) is 7.11 Å². The average molecular weight is 245 g/mol. The van der Waals surface area contributed by atoms with Crippen LogP contribution in [0.3, 0.4) is 0 Å². The van der Waals surface area contributed by atoms with Crippen molar-refractivity contribution in [1.29, 1.82) is 0 Å². The van der Waals surface area contributed by atoms with Crippen molar-refractivity contribution in [3.05, 3.63) is 0 Å². The maximum Gasteiger partial charge on any atom is 0.0589 e. The van der Waals surface area contributed by atoms with Crippen molar-refractivity contribution >= 4 is 12.6 Å². The SMILES string of the molecule is CCC(C)N(CCOC)CC1(CS)CCC1. The summed E-state index contributed by atoms with van der Waals surface area (Å²) >= 11 is 4.54. The third kappa shape index (κ3) is 3.64. The molecule has 0 aromatic rings. The summed E-state index contributed by atoms with van der Waals surface area (Å²) < 4.78 is 5.21. The van der Waals surface area contributed by atoms with E-state index in [4.69, 9.17) is 4.74 Å². The molecule has 0 amide bonds. The molecule has 0 aromatic carbocycles. The van der Waals surface area contributed by atoms with Gasteiger partial charge in [-0.05, 0) is 37.4 Å². The molecule has 1 atom stereocenters. The number of hydrogen-bond acceptors (Lipinski definition) is 3. The molecule has 96 valence electrons. The zero-order valence-electron chi connectivity index (χ0n) is 11.0. The average Bonchev–Trinajstić information content (AvgIpc) is 2.26. The second-order valence-corrected chi connectivity index (χ2v) is 5.55. The van der Waals surface area contributed by atoms with Gasteiger partial charge in [-0.2, -0.15) is 12.6 Å². The summed E-state index contributed by atoms with van der Waals surface area (Å²) in [4.78, 5) is 2.58. The Morgan fingerprint density at radius 2 is 2.12 bits per heavy atom. The number of methoxy groups -OCH3 is 1. The van der Waals surface area contributed by atoms with Crippen LogP contribution in [0.5, 0.6) is 0 Å². The Bertz CT molecular complexity index is 189. The van der Waals surface area contributed by atoms with Gasteiger partial charge in [0.25, 0.3) is 0 Å². The summed E-state index contributed by atoms with van der Waals surface area (Å²) in [5, 5.41) is 0. The van der Waals surface area contributed by atoms with E-state index in [0.29, 0.717) is 11.5 Å². The Balaban J connectivity index is 2.47. The van der Waals surface area contributed by atoms with E-state index >= 15 is 0 Å². The highest BCUT2D eigenvalue weighted by Crippen LogP contribution is 2.42. The van der Waals surface area contributed by atoms with Crippen molar-refractivity contribution in [1.82, 2.24) is 4.90 Å². The van der Waals surface area contributed by atoms with Crippen molar-refractivity contribution in [2.75, 3.05) is 32.6 Å². The minimum atomic E-state index is 0.500. The molecule has 1 unspecified atom stereocenters. The lowest BCUT2D eigenvalue weighted by Crippen LogP contribution is -2.47. The minimum Gasteiger partial charge on any atom is -0.383 e. The van der Waals surface area contributed by atoms with Crippen LogP contribution in [0.2, 0.25) is 0 Å². The van der Waals surface area contributed by atoms with E-state index in [0.717, 1.165) is 18.9 Å². The van der Waals surface area contributed by atoms with Crippen molar-refractivity contribution in [2.45, 2.75) is 45.6 Å². The van der Waals surface area contributed by atoms with Gasteiger partial charge in [0, 0.05) is 26.2 Å². The highest BCUT2D eigenvalue weighted by molar-refractivity contribution is 7.80. The summed E-state index contributed by atoms with van der Waals surface area (Å²) in [6.45, 7) is 7.68. The predicted octanol–water partition coefficient (Wildman–Crippen LogP) is 2.83. The summed E-state index contributed by atoms with van der Waals surface area (Å²) in [7, 11) is 1.78. The van der Waals surface area contributed by atoms with E-state index in [-0.39, 0.29) is 0 Å². The Morgan fingerprint density at radius 3 is 2.50 bits per heavy atom. The van der Waals surface area contributed by atoms with E-state index in [1.165, 1.54) is 32.2 Å². The van der Waals surface area contributed by atoms with Crippen LogP contribution in [0.1, 0.15) is 39.5 Å². The van der Waals surface area contributed by atoms with Gasteiger partial charge >= 0.3 is 0 Å². The van der Waals surface area contributed by atoms with Gasteiger partial charge in [-0.15, -0.1) is 0 Å². The molecule has 0 saturated heterocycles. The molecule has 1 aliphatic rings. The molecule has 0 heterocycles. The van der Waals surface area contributed by atoms with E-state index < -0.39 is 0 Å². The number of nitrogens with zero attached hydrogens (tertiary/aromatic N) is 1. The zero-order valence-corrected chi connectivity index (χ0v) is 11.9. The molecule has 0 radical (unpaired) electrons. The summed E-state index contributed by atoms with van der Waals surface area (Å²) in [5.41, 5.74) is 0.500. The van der Waals surface area contributed by atoms with E-state index in [9.17, 15) is 0 Å².